The van der Waals surface area contributed by atoms with Crippen molar-refractivity contribution in [1.29, 1.82) is 0 Å². The van der Waals surface area contributed by atoms with E-state index in [0.29, 0.717) is 12.7 Å². The summed E-state index contributed by atoms with van der Waals surface area (Å²) in [5, 5.41) is 0. The lowest BCUT2D eigenvalue weighted by Crippen LogP contribution is -2.38. The average Bonchev–Trinajstić information content (AvgIpc) is 2.72. The molecule has 1 aliphatic carbocycles. The molecule has 144 valence electrons. The first-order valence-corrected chi connectivity index (χ1v) is 10.0. The van der Waals surface area contributed by atoms with Crippen LogP contribution in [0, 0.1) is 0 Å². The van der Waals surface area contributed by atoms with Crippen LogP contribution in [0.1, 0.15) is 42.5 Å². The van der Waals surface area contributed by atoms with Crippen LogP contribution in [0.25, 0.3) is 0 Å². The molecule has 6 heteroatoms. The summed E-state index contributed by atoms with van der Waals surface area (Å²) in [6.45, 7) is 2.63. The van der Waals surface area contributed by atoms with E-state index >= 15 is 0 Å². The molecule has 0 radical (unpaired) electrons. The van der Waals surface area contributed by atoms with Gasteiger partial charge in [0.2, 0.25) is 5.95 Å². The van der Waals surface area contributed by atoms with Crippen LogP contribution < -0.4 is 9.80 Å². The second-order valence-corrected chi connectivity index (χ2v) is 7.73. The number of hydrogen-bond donors (Lipinski definition) is 0. The van der Waals surface area contributed by atoms with Crippen LogP contribution in [-0.2, 0) is 24.2 Å². The van der Waals surface area contributed by atoms with Crippen LogP contribution in [0.2, 0.25) is 0 Å². The Labute approximate surface area is 161 Å². The number of piperidine rings is 1. The molecular formula is C21H29N5O. The zero-order valence-corrected chi connectivity index (χ0v) is 16.4. The standard InChI is InChI=1S/C21H29N5O/c1-25(2)21-23-19-8-4-3-7-18(19)20(24-21)26-12-9-17(10-13-26)27-15-16-6-5-11-22-14-16/h5-6,11,14,17H,3-4,7-10,12-13,15H2,1-2H3. The van der Waals surface area contributed by atoms with E-state index in [1.807, 2.05) is 31.3 Å². The molecule has 2 aromatic heterocycles. The second-order valence-electron chi connectivity index (χ2n) is 7.73. The fourth-order valence-corrected chi connectivity index (χ4v) is 3.95. The van der Waals surface area contributed by atoms with E-state index in [2.05, 4.69) is 16.0 Å². The van der Waals surface area contributed by atoms with Crippen LogP contribution in [0.5, 0.6) is 0 Å². The second kappa shape index (κ2) is 8.21. The molecule has 0 amide bonds. The highest BCUT2D eigenvalue weighted by Gasteiger charge is 2.26. The number of fused-ring (bicyclic) bond motifs is 1. The third-order valence-electron chi connectivity index (χ3n) is 5.50. The Balaban J connectivity index is 1.42. The van der Waals surface area contributed by atoms with Crippen molar-refractivity contribution in [2.45, 2.75) is 51.2 Å². The Bertz CT molecular complexity index is 757. The molecule has 1 saturated heterocycles. The lowest BCUT2D eigenvalue weighted by Gasteiger charge is -2.35. The Morgan fingerprint density at radius 1 is 1.15 bits per heavy atom. The maximum absolute atomic E-state index is 6.12. The molecule has 0 atom stereocenters. The monoisotopic (exact) mass is 367 g/mol. The number of nitrogens with zero attached hydrogens (tertiary/aromatic N) is 5. The first kappa shape index (κ1) is 18.2. The lowest BCUT2D eigenvalue weighted by atomic mass is 9.95. The highest BCUT2D eigenvalue weighted by molar-refractivity contribution is 5.54. The van der Waals surface area contributed by atoms with Crippen LogP contribution in [-0.4, -0.2) is 48.2 Å². The number of ether oxygens (including phenoxy) is 1. The topological polar surface area (TPSA) is 54.4 Å². The number of pyridine rings is 1. The summed E-state index contributed by atoms with van der Waals surface area (Å²) < 4.78 is 6.12. The Hall–Kier alpha value is -2.21. The maximum Gasteiger partial charge on any atom is 0.227 e. The van der Waals surface area contributed by atoms with Crippen molar-refractivity contribution < 1.29 is 4.74 Å². The summed E-state index contributed by atoms with van der Waals surface area (Å²) in [4.78, 5) is 18.3. The van der Waals surface area contributed by atoms with Gasteiger partial charge < -0.3 is 14.5 Å². The van der Waals surface area contributed by atoms with Gasteiger partial charge in [0.1, 0.15) is 5.82 Å². The number of aryl methyl sites for hydroxylation is 1. The van der Waals surface area contributed by atoms with Gasteiger partial charge in [-0.3, -0.25) is 4.98 Å². The Morgan fingerprint density at radius 3 is 2.70 bits per heavy atom. The molecule has 0 saturated carbocycles. The predicted octanol–water partition coefficient (Wildman–Crippen LogP) is 3.00. The Morgan fingerprint density at radius 2 is 1.96 bits per heavy atom. The summed E-state index contributed by atoms with van der Waals surface area (Å²) in [7, 11) is 4.04. The minimum atomic E-state index is 0.312. The van der Waals surface area contributed by atoms with Gasteiger partial charge in [-0.05, 0) is 50.2 Å². The largest absolute Gasteiger partial charge is 0.373 e. The van der Waals surface area contributed by atoms with Crippen molar-refractivity contribution in [3.8, 4) is 0 Å². The lowest BCUT2D eigenvalue weighted by molar-refractivity contribution is 0.0249. The number of rotatable bonds is 5. The van der Waals surface area contributed by atoms with Gasteiger partial charge in [0.15, 0.2) is 0 Å². The zero-order chi connectivity index (χ0) is 18.6. The van der Waals surface area contributed by atoms with E-state index in [4.69, 9.17) is 14.7 Å². The van der Waals surface area contributed by atoms with E-state index in [9.17, 15) is 0 Å². The van der Waals surface area contributed by atoms with E-state index in [1.165, 1.54) is 24.1 Å². The van der Waals surface area contributed by atoms with Crippen molar-refractivity contribution in [2.75, 3.05) is 37.0 Å². The molecule has 0 spiro atoms. The zero-order valence-electron chi connectivity index (χ0n) is 16.4. The van der Waals surface area contributed by atoms with E-state index in [1.54, 1.807) is 6.20 Å². The first-order chi connectivity index (χ1) is 13.2. The molecular weight excluding hydrogens is 338 g/mol. The molecule has 3 heterocycles. The van der Waals surface area contributed by atoms with Gasteiger partial charge in [-0.2, -0.15) is 4.98 Å². The van der Waals surface area contributed by atoms with Crippen LogP contribution in [0.15, 0.2) is 24.5 Å². The highest BCUT2D eigenvalue weighted by atomic mass is 16.5. The molecule has 27 heavy (non-hydrogen) atoms. The Kier molecular flexibility index (Phi) is 5.53. The minimum Gasteiger partial charge on any atom is -0.373 e. The van der Waals surface area contributed by atoms with Gasteiger partial charge >= 0.3 is 0 Å². The van der Waals surface area contributed by atoms with Crippen molar-refractivity contribution in [3.05, 3.63) is 41.3 Å². The van der Waals surface area contributed by atoms with Gasteiger partial charge in [-0.15, -0.1) is 0 Å². The predicted molar refractivity (Wildman–Crippen MR) is 107 cm³/mol. The van der Waals surface area contributed by atoms with Gasteiger partial charge in [-0.25, -0.2) is 4.98 Å². The maximum atomic E-state index is 6.12. The third kappa shape index (κ3) is 4.21. The van der Waals surface area contributed by atoms with Gasteiger partial charge in [-0.1, -0.05) is 6.07 Å². The fraction of sp³-hybridized carbons (Fsp3) is 0.571. The first-order valence-electron chi connectivity index (χ1n) is 10.0. The molecule has 2 aromatic rings. The molecule has 4 rings (SSSR count). The molecule has 0 N–H and O–H groups in total. The van der Waals surface area contributed by atoms with Crippen molar-refractivity contribution in [1.82, 2.24) is 15.0 Å². The summed E-state index contributed by atoms with van der Waals surface area (Å²) in [6.07, 6.45) is 10.7. The normalized spacial score (nSPS) is 17.6. The van der Waals surface area contributed by atoms with Crippen molar-refractivity contribution in [2.24, 2.45) is 0 Å². The van der Waals surface area contributed by atoms with Gasteiger partial charge in [0, 0.05) is 45.1 Å². The summed E-state index contributed by atoms with van der Waals surface area (Å²) in [5.74, 6) is 2.00. The molecule has 1 aliphatic heterocycles. The van der Waals surface area contributed by atoms with E-state index in [0.717, 1.165) is 56.1 Å². The van der Waals surface area contributed by atoms with Crippen molar-refractivity contribution in [3.63, 3.8) is 0 Å². The molecule has 0 bridgehead atoms. The minimum absolute atomic E-state index is 0.312. The fourth-order valence-electron chi connectivity index (χ4n) is 3.95. The molecule has 0 unspecified atom stereocenters. The molecule has 0 aromatic carbocycles. The third-order valence-corrected chi connectivity index (χ3v) is 5.50. The van der Waals surface area contributed by atoms with Gasteiger partial charge in [0.05, 0.1) is 18.4 Å². The van der Waals surface area contributed by atoms with Gasteiger partial charge in [0.25, 0.3) is 0 Å². The highest BCUT2D eigenvalue weighted by Crippen LogP contribution is 2.31. The quantitative estimate of drug-likeness (QED) is 0.810. The van der Waals surface area contributed by atoms with E-state index < -0.39 is 0 Å². The summed E-state index contributed by atoms with van der Waals surface area (Å²) in [6, 6.07) is 4.03. The van der Waals surface area contributed by atoms with Crippen LogP contribution in [0.4, 0.5) is 11.8 Å². The molecule has 6 nitrogen and oxygen atoms in total. The van der Waals surface area contributed by atoms with Crippen molar-refractivity contribution >= 4 is 11.8 Å². The summed E-state index contributed by atoms with van der Waals surface area (Å²) in [5.41, 5.74) is 3.77. The van der Waals surface area contributed by atoms with E-state index in [-0.39, 0.29) is 0 Å². The number of aromatic nitrogens is 3. The number of anilines is 2. The number of hydrogen-bond acceptors (Lipinski definition) is 6. The SMILES string of the molecule is CN(C)c1nc2c(c(N3CCC(OCc4cccnc4)CC3)n1)CCCC2. The molecule has 2 aliphatic rings. The summed E-state index contributed by atoms with van der Waals surface area (Å²) >= 11 is 0. The van der Waals surface area contributed by atoms with Crippen LogP contribution in [0.3, 0.4) is 0 Å². The van der Waals surface area contributed by atoms with Crippen LogP contribution >= 0.6 is 0 Å². The molecule has 1 fully saturated rings. The smallest absolute Gasteiger partial charge is 0.227 e. The average molecular weight is 367 g/mol.